The SMILES string of the molecule is CCCCCCCCCCCCOC(=O)c1ccc(OC)c(NC(=O)C(C)c2nc3ccccc3c(=O)[nH]2)c1. The zero-order valence-corrected chi connectivity index (χ0v) is 23.4. The van der Waals surface area contributed by atoms with Gasteiger partial charge in [0.25, 0.3) is 5.56 Å². The van der Waals surface area contributed by atoms with Crippen LogP contribution in [0.1, 0.15) is 100 Å². The lowest BCUT2D eigenvalue weighted by Gasteiger charge is -2.15. The zero-order valence-electron chi connectivity index (χ0n) is 23.4. The zero-order chi connectivity index (χ0) is 28.0. The molecule has 3 aromatic rings. The van der Waals surface area contributed by atoms with Crippen molar-refractivity contribution in [2.45, 2.75) is 84.0 Å². The number of benzene rings is 2. The molecule has 0 radical (unpaired) electrons. The fraction of sp³-hybridized carbons (Fsp3) is 0.484. The summed E-state index contributed by atoms with van der Waals surface area (Å²) in [6.45, 7) is 4.25. The van der Waals surface area contributed by atoms with Crippen LogP contribution in [0.3, 0.4) is 0 Å². The maximum Gasteiger partial charge on any atom is 0.338 e. The summed E-state index contributed by atoms with van der Waals surface area (Å²) in [5.41, 5.74) is 0.870. The molecule has 0 saturated heterocycles. The van der Waals surface area contributed by atoms with Gasteiger partial charge in [-0.2, -0.15) is 0 Å². The highest BCUT2D eigenvalue weighted by Crippen LogP contribution is 2.27. The summed E-state index contributed by atoms with van der Waals surface area (Å²) >= 11 is 0. The molecule has 210 valence electrons. The summed E-state index contributed by atoms with van der Waals surface area (Å²) in [5.74, 6) is -0.941. The number of nitrogens with one attached hydrogen (secondary N) is 2. The first-order chi connectivity index (χ1) is 18.9. The van der Waals surface area contributed by atoms with Crippen molar-refractivity contribution in [3.05, 3.63) is 64.2 Å². The number of carbonyl (C=O) groups excluding carboxylic acids is 2. The number of para-hydroxylation sites is 1. The van der Waals surface area contributed by atoms with Crippen LogP contribution in [0.2, 0.25) is 0 Å². The number of aromatic nitrogens is 2. The number of methoxy groups -OCH3 is 1. The molecule has 0 aliphatic rings. The minimum absolute atomic E-state index is 0.252. The van der Waals surface area contributed by atoms with E-state index in [0.717, 1.165) is 19.3 Å². The largest absolute Gasteiger partial charge is 0.495 e. The standard InChI is InChI=1S/C31H41N3O5/c1-4-5-6-7-8-9-10-11-12-15-20-39-31(37)23-18-19-27(38-3)26(21-23)33-29(35)22(2)28-32-25-17-14-13-16-24(25)30(36)34-28/h13-14,16-19,21-22H,4-12,15,20H2,1-3H3,(H,33,35)(H,32,34,36). The quantitative estimate of drug-likeness (QED) is 0.155. The van der Waals surface area contributed by atoms with E-state index in [-0.39, 0.29) is 11.4 Å². The Kier molecular flexibility index (Phi) is 12.0. The highest BCUT2D eigenvalue weighted by atomic mass is 16.5. The second-order valence-corrected chi connectivity index (χ2v) is 9.91. The number of aromatic amines is 1. The number of hydrogen-bond acceptors (Lipinski definition) is 6. The second-order valence-electron chi connectivity index (χ2n) is 9.91. The van der Waals surface area contributed by atoms with Gasteiger partial charge in [-0.25, -0.2) is 9.78 Å². The van der Waals surface area contributed by atoms with Crippen molar-refractivity contribution >= 4 is 28.5 Å². The number of amides is 1. The van der Waals surface area contributed by atoms with Gasteiger partial charge in [-0.05, 0) is 43.7 Å². The van der Waals surface area contributed by atoms with E-state index >= 15 is 0 Å². The van der Waals surface area contributed by atoms with E-state index in [4.69, 9.17) is 9.47 Å². The molecule has 1 aromatic heterocycles. The number of esters is 1. The van der Waals surface area contributed by atoms with Gasteiger partial charge in [0, 0.05) is 0 Å². The Hall–Kier alpha value is -3.68. The summed E-state index contributed by atoms with van der Waals surface area (Å²) < 4.78 is 10.8. The van der Waals surface area contributed by atoms with Gasteiger partial charge < -0.3 is 19.8 Å². The van der Waals surface area contributed by atoms with Crippen LogP contribution in [0.5, 0.6) is 5.75 Å². The van der Waals surface area contributed by atoms with Crippen LogP contribution in [0.4, 0.5) is 5.69 Å². The number of anilines is 1. The first kappa shape index (κ1) is 29.9. The molecule has 0 saturated carbocycles. The molecular formula is C31H41N3O5. The summed E-state index contributed by atoms with van der Waals surface area (Å²) in [6.07, 6.45) is 12.1. The van der Waals surface area contributed by atoms with E-state index in [0.29, 0.717) is 34.5 Å². The molecule has 0 fully saturated rings. The Balaban J connectivity index is 1.51. The third kappa shape index (κ3) is 8.94. The average Bonchev–Trinajstić information content (AvgIpc) is 2.95. The molecule has 1 heterocycles. The minimum Gasteiger partial charge on any atom is -0.495 e. The number of carbonyl (C=O) groups is 2. The molecule has 0 bridgehead atoms. The number of hydrogen-bond donors (Lipinski definition) is 2. The molecule has 1 unspecified atom stereocenters. The molecule has 1 amide bonds. The van der Waals surface area contributed by atoms with Gasteiger partial charge >= 0.3 is 5.97 Å². The number of nitrogens with zero attached hydrogens (tertiary/aromatic N) is 1. The normalized spacial score (nSPS) is 11.8. The van der Waals surface area contributed by atoms with Gasteiger partial charge in [0.1, 0.15) is 11.6 Å². The molecule has 39 heavy (non-hydrogen) atoms. The van der Waals surface area contributed by atoms with Crippen LogP contribution in [0.25, 0.3) is 10.9 Å². The van der Waals surface area contributed by atoms with Crippen molar-refractivity contribution in [1.29, 1.82) is 0 Å². The Labute approximate surface area is 230 Å². The van der Waals surface area contributed by atoms with Crippen molar-refractivity contribution in [1.82, 2.24) is 9.97 Å². The van der Waals surface area contributed by atoms with E-state index in [1.165, 1.54) is 52.1 Å². The first-order valence-electron chi connectivity index (χ1n) is 14.1. The van der Waals surface area contributed by atoms with E-state index in [1.807, 2.05) is 0 Å². The maximum atomic E-state index is 13.0. The number of fused-ring (bicyclic) bond motifs is 1. The minimum atomic E-state index is -0.751. The second kappa shape index (κ2) is 15.7. The lowest BCUT2D eigenvalue weighted by atomic mass is 10.1. The van der Waals surface area contributed by atoms with Crippen molar-refractivity contribution in [2.24, 2.45) is 0 Å². The number of unbranched alkanes of at least 4 members (excludes halogenated alkanes) is 9. The maximum absolute atomic E-state index is 13.0. The van der Waals surface area contributed by atoms with Crippen LogP contribution in [-0.4, -0.2) is 35.6 Å². The van der Waals surface area contributed by atoms with Crippen molar-refractivity contribution in [3.8, 4) is 5.75 Å². The van der Waals surface area contributed by atoms with Crippen LogP contribution in [-0.2, 0) is 9.53 Å². The van der Waals surface area contributed by atoms with Crippen LogP contribution < -0.4 is 15.6 Å². The lowest BCUT2D eigenvalue weighted by molar-refractivity contribution is -0.117. The number of ether oxygens (including phenoxy) is 2. The number of H-pyrrole nitrogens is 1. The van der Waals surface area contributed by atoms with Crippen LogP contribution in [0, 0.1) is 0 Å². The molecule has 2 aromatic carbocycles. The molecule has 0 aliphatic carbocycles. The Bertz CT molecular complexity index is 1290. The van der Waals surface area contributed by atoms with Gasteiger partial charge in [0.2, 0.25) is 5.91 Å². The molecule has 8 heteroatoms. The van der Waals surface area contributed by atoms with Gasteiger partial charge in [0.05, 0.1) is 41.8 Å². The Morgan fingerprint density at radius 2 is 1.62 bits per heavy atom. The predicted octanol–water partition coefficient (Wildman–Crippen LogP) is 6.75. The molecule has 2 N–H and O–H groups in total. The smallest absolute Gasteiger partial charge is 0.338 e. The summed E-state index contributed by atoms with van der Waals surface area (Å²) in [6, 6.07) is 11.7. The summed E-state index contributed by atoms with van der Waals surface area (Å²) in [4.78, 5) is 45.3. The highest BCUT2D eigenvalue weighted by molar-refractivity contribution is 5.98. The third-order valence-corrected chi connectivity index (χ3v) is 6.86. The Morgan fingerprint density at radius 1 is 0.949 bits per heavy atom. The summed E-state index contributed by atoms with van der Waals surface area (Å²) in [7, 11) is 1.49. The van der Waals surface area contributed by atoms with E-state index in [9.17, 15) is 14.4 Å². The lowest BCUT2D eigenvalue weighted by Crippen LogP contribution is -2.24. The van der Waals surface area contributed by atoms with Crippen molar-refractivity contribution in [3.63, 3.8) is 0 Å². The molecular weight excluding hydrogens is 494 g/mol. The number of rotatable bonds is 16. The molecule has 0 aliphatic heterocycles. The fourth-order valence-electron chi connectivity index (χ4n) is 4.45. The highest BCUT2D eigenvalue weighted by Gasteiger charge is 2.21. The predicted molar refractivity (Wildman–Crippen MR) is 155 cm³/mol. The Morgan fingerprint density at radius 3 is 2.31 bits per heavy atom. The van der Waals surface area contributed by atoms with Gasteiger partial charge in [-0.1, -0.05) is 76.8 Å². The van der Waals surface area contributed by atoms with Gasteiger partial charge in [0.15, 0.2) is 0 Å². The van der Waals surface area contributed by atoms with Gasteiger partial charge in [-0.3, -0.25) is 9.59 Å². The summed E-state index contributed by atoms with van der Waals surface area (Å²) in [5, 5.41) is 3.26. The van der Waals surface area contributed by atoms with Crippen LogP contribution >= 0.6 is 0 Å². The van der Waals surface area contributed by atoms with E-state index < -0.39 is 17.8 Å². The van der Waals surface area contributed by atoms with Crippen molar-refractivity contribution < 1.29 is 19.1 Å². The van der Waals surface area contributed by atoms with Crippen LogP contribution in [0.15, 0.2) is 47.3 Å². The van der Waals surface area contributed by atoms with E-state index in [1.54, 1.807) is 49.4 Å². The molecule has 8 nitrogen and oxygen atoms in total. The van der Waals surface area contributed by atoms with E-state index in [2.05, 4.69) is 22.2 Å². The topological polar surface area (TPSA) is 110 Å². The van der Waals surface area contributed by atoms with Gasteiger partial charge in [-0.15, -0.1) is 0 Å². The van der Waals surface area contributed by atoms with Crippen molar-refractivity contribution in [2.75, 3.05) is 19.0 Å². The molecule has 3 rings (SSSR count). The molecule has 1 atom stereocenters. The first-order valence-corrected chi connectivity index (χ1v) is 14.1. The third-order valence-electron chi connectivity index (χ3n) is 6.86. The fourth-order valence-corrected chi connectivity index (χ4v) is 4.45. The monoisotopic (exact) mass is 535 g/mol. The molecule has 0 spiro atoms. The average molecular weight is 536 g/mol.